The maximum atomic E-state index is 11.9. The summed E-state index contributed by atoms with van der Waals surface area (Å²) in [6.45, 7) is 7.51. The predicted molar refractivity (Wildman–Crippen MR) is 156 cm³/mol. The van der Waals surface area contributed by atoms with Crippen LogP contribution >= 0.6 is 0 Å². The average molecular weight is 491 g/mol. The second-order valence-corrected chi connectivity index (χ2v) is 10.9. The molecule has 0 aliphatic rings. The van der Waals surface area contributed by atoms with E-state index < -0.39 is 0 Å². The minimum atomic E-state index is 0.00755. The predicted octanol–water partition coefficient (Wildman–Crippen LogP) is 11.3. The maximum absolute atomic E-state index is 11.9. The van der Waals surface area contributed by atoms with Crippen LogP contribution in [0.2, 0.25) is 0 Å². The molecule has 0 aromatic heterocycles. The zero-order chi connectivity index (χ0) is 25.7. The number of esters is 1. The fourth-order valence-corrected chi connectivity index (χ4v) is 4.41. The molecule has 0 N–H and O–H groups in total. The Labute approximate surface area is 220 Å². The molecule has 0 atom stereocenters. The van der Waals surface area contributed by atoms with Crippen LogP contribution in [0.25, 0.3) is 0 Å². The van der Waals surface area contributed by atoms with Gasteiger partial charge in [0.1, 0.15) is 0 Å². The van der Waals surface area contributed by atoms with Crippen molar-refractivity contribution in [2.45, 2.75) is 168 Å². The first kappa shape index (κ1) is 34.0. The standard InChI is InChI=1S/C33H62O2/c1-4-5-6-7-8-9-10-11-12-13-14-18-21-24-27-30-33(34)35-31-28-25-22-19-16-15-17-20-23-26-29-32(2)3/h8-9,11-12,32H,4-7,10,13-31H2,1-3H3. The summed E-state index contributed by atoms with van der Waals surface area (Å²) in [5.41, 5.74) is 0. The molecule has 0 rings (SSSR count). The van der Waals surface area contributed by atoms with Gasteiger partial charge in [0, 0.05) is 6.42 Å². The summed E-state index contributed by atoms with van der Waals surface area (Å²) in [6, 6.07) is 0. The summed E-state index contributed by atoms with van der Waals surface area (Å²) < 4.78 is 5.41. The third-order valence-corrected chi connectivity index (χ3v) is 6.77. The molecule has 0 spiro atoms. The van der Waals surface area contributed by atoms with Crippen molar-refractivity contribution >= 4 is 5.97 Å². The molecule has 0 saturated carbocycles. The van der Waals surface area contributed by atoms with Crippen LogP contribution < -0.4 is 0 Å². The zero-order valence-electron chi connectivity index (χ0n) is 24.2. The number of rotatable bonds is 27. The highest BCUT2D eigenvalue weighted by atomic mass is 16.5. The summed E-state index contributed by atoms with van der Waals surface area (Å²) in [5, 5.41) is 0. The van der Waals surface area contributed by atoms with E-state index >= 15 is 0 Å². The minimum absolute atomic E-state index is 0.00755. The number of hydrogen-bond acceptors (Lipinski definition) is 2. The van der Waals surface area contributed by atoms with Crippen molar-refractivity contribution in [3.05, 3.63) is 24.3 Å². The van der Waals surface area contributed by atoms with Crippen molar-refractivity contribution < 1.29 is 9.53 Å². The lowest BCUT2D eigenvalue weighted by atomic mass is 10.0. The van der Waals surface area contributed by atoms with Crippen LogP contribution in [0.15, 0.2) is 24.3 Å². The molecule has 0 aromatic rings. The monoisotopic (exact) mass is 490 g/mol. The highest BCUT2D eigenvalue weighted by Gasteiger charge is 2.02. The number of unbranched alkanes of at least 4 members (excludes halogenated alkanes) is 17. The van der Waals surface area contributed by atoms with E-state index in [4.69, 9.17) is 4.74 Å². The van der Waals surface area contributed by atoms with Crippen LogP contribution in [-0.2, 0) is 9.53 Å². The molecule has 35 heavy (non-hydrogen) atoms. The van der Waals surface area contributed by atoms with Gasteiger partial charge in [0.2, 0.25) is 0 Å². The van der Waals surface area contributed by atoms with Crippen molar-refractivity contribution in [2.75, 3.05) is 6.61 Å². The molecule has 0 saturated heterocycles. The Morgan fingerprint density at radius 1 is 0.600 bits per heavy atom. The Hall–Kier alpha value is -1.05. The van der Waals surface area contributed by atoms with Crippen molar-refractivity contribution in [1.29, 1.82) is 0 Å². The number of hydrogen-bond donors (Lipinski definition) is 0. The van der Waals surface area contributed by atoms with Gasteiger partial charge in [0.25, 0.3) is 0 Å². The molecule has 2 heteroatoms. The molecule has 0 fully saturated rings. The van der Waals surface area contributed by atoms with E-state index in [-0.39, 0.29) is 5.97 Å². The lowest BCUT2D eigenvalue weighted by Gasteiger charge is -2.06. The summed E-state index contributed by atoms with van der Waals surface area (Å²) in [7, 11) is 0. The molecule has 0 aliphatic heterocycles. The molecule has 0 radical (unpaired) electrons. The van der Waals surface area contributed by atoms with Gasteiger partial charge in [0.05, 0.1) is 6.61 Å². The fraction of sp³-hybridized carbons (Fsp3) is 0.848. The highest BCUT2D eigenvalue weighted by Crippen LogP contribution is 2.14. The van der Waals surface area contributed by atoms with E-state index in [1.807, 2.05) is 0 Å². The maximum Gasteiger partial charge on any atom is 0.305 e. The van der Waals surface area contributed by atoms with Crippen LogP contribution in [0.1, 0.15) is 168 Å². The summed E-state index contributed by atoms with van der Waals surface area (Å²) in [4.78, 5) is 11.9. The lowest BCUT2D eigenvalue weighted by molar-refractivity contribution is -0.143. The number of allylic oxidation sites excluding steroid dienone is 4. The molecule has 0 heterocycles. The van der Waals surface area contributed by atoms with Gasteiger partial charge in [-0.2, -0.15) is 0 Å². The first-order valence-electron chi connectivity index (χ1n) is 15.6. The van der Waals surface area contributed by atoms with Crippen LogP contribution in [0.4, 0.5) is 0 Å². The summed E-state index contributed by atoms with van der Waals surface area (Å²) in [6.07, 6.45) is 37.9. The largest absolute Gasteiger partial charge is 0.466 e. The molecule has 0 aliphatic carbocycles. The fourth-order valence-electron chi connectivity index (χ4n) is 4.41. The number of ether oxygens (including phenoxy) is 1. The zero-order valence-corrected chi connectivity index (χ0v) is 24.2. The quantitative estimate of drug-likeness (QED) is 0.0650. The lowest BCUT2D eigenvalue weighted by Crippen LogP contribution is -2.05. The molecule has 2 nitrogen and oxygen atoms in total. The van der Waals surface area contributed by atoms with Crippen molar-refractivity contribution in [3.63, 3.8) is 0 Å². The minimum Gasteiger partial charge on any atom is -0.466 e. The molecule has 0 amide bonds. The van der Waals surface area contributed by atoms with E-state index in [1.54, 1.807) is 0 Å². The normalized spacial score (nSPS) is 11.9. The van der Waals surface area contributed by atoms with E-state index in [9.17, 15) is 4.79 Å². The summed E-state index contributed by atoms with van der Waals surface area (Å²) in [5.74, 6) is 0.868. The Balaban J connectivity index is 3.24. The second kappa shape index (κ2) is 29.2. The van der Waals surface area contributed by atoms with Crippen molar-refractivity contribution in [1.82, 2.24) is 0 Å². The van der Waals surface area contributed by atoms with Crippen LogP contribution in [0.5, 0.6) is 0 Å². The van der Waals surface area contributed by atoms with Gasteiger partial charge in [-0.25, -0.2) is 0 Å². The van der Waals surface area contributed by atoms with E-state index in [1.165, 1.54) is 116 Å². The van der Waals surface area contributed by atoms with Gasteiger partial charge in [-0.05, 0) is 50.9 Å². The van der Waals surface area contributed by atoms with Gasteiger partial charge >= 0.3 is 5.97 Å². The molecule has 206 valence electrons. The smallest absolute Gasteiger partial charge is 0.305 e. The highest BCUT2D eigenvalue weighted by molar-refractivity contribution is 5.69. The first-order chi connectivity index (χ1) is 17.2. The van der Waals surface area contributed by atoms with Gasteiger partial charge in [-0.1, -0.05) is 141 Å². The average Bonchev–Trinajstić information content (AvgIpc) is 2.84. The molecule has 0 bridgehead atoms. The van der Waals surface area contributed by atoms with Gasteiger partial charge in [-0.15, -0.1) is 0 Å². The van der Waals surface area contributed by atoms with Crippen molar-refractivity contribution in [3.8, 4) is 0 Å². The van der Waals surface area contributed by atoms with Gasteiger partial charge in [-0.3, -0.25) is 4.79 Å². The van der Waals surface area contributed by atoms with Crippen LogP contribution in [-0.4, -0.2) is 12.6 Å². The Morgan fingerprint density at radius 2 is 1.09 bits per heavy atom. The van der Waals surface area contributed by atoms with Crippen molar-refractivity contribution in [2.24, 2.45) is 5.92 Å². The van der Waals surface area contributed by atoms with Crippen LogP contribution in [0, 0.1) is 5.92 Å². The summed E-state index contributed by atoms with van der Waals surface area (Å²) >= 11 is 0. The number of carbonyl (C=O) groups excluding carboxylic acids is 1. The van der Waals surface area contributed by atoms with E-state index in [0.717, 1.165) is 31.6 Å². The molecule has 0 aromatic carbocycles. The Bertz CT molecular complexity index is 477. The topological polar surface area (TPSA) is 26.3 Å². The first-order valence-corrected chi connectivity index (χ1v) is 15.6. The number of carbonyl (C=O) groups is 1. The molecular formula is C33H62O2. The van der Waals surface area contributed by atoms with Gasteiger partial charge in [0.15, 0.2) is 0 Å². The third kappa shape index (κ3) is 30.9. The SMILES string of the molecule is CCCCCC=CCC=CCCCCCCCC(=O)OCCCCCCCCCCCCC(C)C. The third-order valence-electron chi connectivity index (χ3n) is 6.77. The van der Waals surface area contributed by atoms with Gasteiger partial charge < -0.3 is 4.74 Å². The Kier molecular flexibility index (Phi) is 28.3. The van der Waals surface area contributed by atoms with Crippen LogP contribution in [0.3, 0.4) is 0 Å². The Morgan fingerprint density at radius 3 is 1.66 bits per heavy atom. The molecular weight excluding hydrogens is 428 g/mol. The van der Waals surface area contributed by atoms with E-state index in [2.05, 4.69) is 45.1 Å². The second-order valence-electron chi connectivity index (χ2n) is 10.9. The molecule has 0 unspecified atom stereocenters. The van der Waals surface area contributed by atoms with E-state index in [0.29, 0.717) is 13.0 Å².